The van der Waals surface area contributed by atoms with Crippen LogP contribution in [0.25, 0.3) is 0 Å². The number of nitrogens with one attached hydrogen (secondary N) is 3. The van der Waals surface area contributed by atoms with Gasteiger partial charge < -0.3 is 25.6 Å². The van der Waals surface area contributed by atoms with Crippen molar-refractivity contribution in [2.24, 2.45) is 4.99 Å². The zero-order chi connectivity index (χ0) is 22.0. The Hall–Kier alpha value is -2.04. The summed E-state index contributed by atoms with van der Waals surface area (Å²) in [5, 5.41) is 9.06. The first-order chi connectivity index (χ1) is 14.3. The van der Waals surface area contributed by atoms with Crippen LogP contribution in [0, 0.1) is 0 Å². The zero-order valence-electron chi connectivity index (χ0n) is 19.0. The number of alkyl carbamates (subject to hydrolysis) is 1. The van der Waals surface area contributed by atoms with E-state index in [0.717, 1.165) is 13.0 Å². The minimum Gasteiger partial charge on any atom is -0.444 e. The van der Waals surface area contributed by atoms with Crippen molar-refractivity contribution < 1.29 is 14.3 Å². The molecule has 1 heterocycles. The van der Waals surface area contributed by atoms with Gasteiger partial charge in [-0.05, 0) is 51.7 Å². The molecule has 0 saturated heterocycles. The van der Waals surface area contributed by atoms with Crippen molar-refractivity contribution >= 4 is 41.9 Å². The molecule has 1 aromatic carbocycles. The SMILES string of the molecule is CCNC(=NCC(=O)N1CCc2ccccc2C1)NCCCNC(=O)OC(C)(C)C.I. The van der Waals surface area contributed by atoms with Gasteiger partial charge in [-0.15, -0.1) is 24.0 Å². The van der Waals surface area contributed by atoms with E-state index in [9.17, 15) is 9.59 Å². The van der Waals surface area contributed by atoms with Gasteiger partial charge in [-0.3, -0.25) is 4.79 Å². The molecule has 0 radical (unpaired) electrons. The van der Waals surface area contributed by atoms with E-state index in [1.165, 1.54) is 11.1 Å². The number of guanidine groups is 1. The van der Waals surface area contributed by atoms with Gasteiger partial charge in [-0.1, -0.05) is 24.3 Å². The maximum atomic E-state index is 12.6. The highest BCUT2D eigenvalue weighted by molar-refractivity contribution is 14.0. The summed E-state index contributed by atoms with van der Waals surface area (Å²) in [7, 11) is 0. The van der Waals surface area contributed by atoms with E-state index >= 15 is 0 Å². The summed E-state index contributed by atoms with van der Waals surface area (Å²) in [5.41, 5.74) is 2.03. The van der Waals surface area contributed by atoms with E-state index < -0.39 is 11.7 Å². The van der Waals surface area contributed by atoms with Gasteiger partial charge >= 0.3 is 6.09 Å². The highest BCUT2D eigenvalue weighted by atomic mass is 127. The minimum absolute atomic E-state index is 0. The highest BCUT2D eigenvalue weighted by Crippen LogP contribution is 2.18. The van der Waals surface area contributed by atoms with E-state index in [1.54, 1.807) is 0 Å². The molecule has 0 bridgehead atoms. The van der Waals surface area contributed by atoms with Crippen LogP contribution in [0.3, 0.4) is 0 Å². The molecule has 0 aromatic heterocycles. The summed E-state index contributed by atoms with van der Waals surface area (Å²) in [6.07, 6.45) is 1.17. The molecule has 174 valence electrons. The topological polar surface area (TPSA) is 95.1 Å². The second kappa shape index (κ2) is 13.4. The first kappa shape index (κ1) is 27.0. The van der Waals surface area contributed by atoms with Crippen LogP contribution in [0.1, 0.15) is 45.2 Å². The lowest BCUT2D eigenvalue weighted by Gasteiger charge is -2.28. The van der Waals surface area contributed by atoms with Crippen LogP contribution in [-0.4, -0.2) is 61.2 Å². The maximum Gasteiger partial charge on any atom is 0.407 e. The van der Waals surface area contributed by atoms with Gasteiger partial charge in [-0.25, -0.2) is 9.79 Å². The van der Waals surface area contributed by atoms with Crippen LogP contribution >= 0.6 is 24.0 Å². The third-order valence-corrected chi connectivity index (χ3v) is 4.51. The number of benzene rings is 1. The van der Waals surface area contributed by atoms with Gasteiger partial charge in [0, 0.05) is 32.7 Å². The molecular formula is C22H36IN5O3. The molecule has 3 N–H and O–H groups in total. The number of carbonyl (C=O) groups excluding carboxylic acids is 2. The molecule has 31 heavy (non-hydrogen) atoms. The van der Waals surface area contributed by atoms with Gasteiger partial charge in [0.25, 0.3) is 0 Å². The number of ether oxygens (including phenoxy) is 1. The fourth-order valence-electron chi connectivity index (χ4n) is 3.10. The Balaban J connectivity index is 0.00000480. The number of amides is 2. The summed E-state index contributed by atoms with van der Waals surface area (Å²) in [5.74, 6) is 0.619. The molecule has 2 amide bonds. The number of carbonyl (C=O) groups is 2. The molecule has 9 heteroatoms. The molecule has 0 atom stereocenters. The molecule has 0 saturated carbocycles. The number of fused-ring (bicyclic) bond motifs is 1. The maximum absolute atomic E-state index is 12.6. The van der Waals surface area contributed by atoms with E-state index in [4.69, 9.17) is 4.74 Å². The molecule has 0 fully saturated rings. The number of halogens is 1. The van der Waals surface area contributed by atoms with Crippen molar-refractivity contribution in [1.29, 1.82) is 0 Å². The third kappa shape index (κ3) is 10.2. The number of hydrogen-bond donors (Lipinski definition) is 3. The summed E-state index contributed by atoms with van der Waals surface area (Å²) < 4.78 is 5.20. The van der Waals surface area contributed by atoms with Crippen LogP contribution in [0.15, 0.2) is 29.3 Å². The Morgan fingerprint density at radius 3 is 2.45 bits per heavy atom. The minimum atomic E-state index is -0.504. The van der Waals surface area contributed by atoms with E-state index in [1.807, 2.05) is 44.7 Å². The number of hydrogen-bond acceptors (Lipinski definition) is 4. The lowest BCUT2D eigenvalue weighted by atomic mass is 10.00. The van der Waals surface area contributed by atoms with Crippen molar-refractivity contribution in [2.75, 3.05) is 32.7 Å². The lowest BCUT2D eigenvalue weighted by molar-refractivity contribution is -0.130. The molecular weight excluding hydrogens is 509 g/mol. The molecule has 1 aromatic rings. The van der Waals surface area contributed by atoms with Crippen LogP contribution < -0.4 is 16.0 Å². The average molecular weight is 545 g/mol. The van der Waals surface area contributed by atoms with Crippen LogP contribution in [0.2, 0.25) is 0 Å². The monoisotopic (exact) mass is 545 g/mol. The summed E-state index contributed by atoms with van der Waals surface area (Å²) in [6.45, 7) is 10.8. The highest BCUT2D eigenvalue weighted by Gasteiger charge is 2.20. The van der Waals surface area contributed by atoms with E-state index in [2.05, 4.69) is 33.1 Å². The van der Waals surface area contributed by atoms with Crippen molar-refractivity contribution in [3.05, 3.63) is 35.4 Å². The first-order valence-electron chi connectivity index (χ1n) is 10.6. The predicted molar refractivity (Wildman–Crippen MR) is 134 cm³/mol. The fraction of sp³-hybridized carbons (Fsp3) is 0.591. The smallest absolute Gasteiger partial charge is 0.407 e. The Labute approximate surface area is 202 Å². The van der Waals surface area contributed by atoms with Crippen molar-refractivity contribution in [3.8, 4) is 0 Å². The second-order valence-corrected chi connectivity index (χ2v) is 8.24. The summed E-state index contributed by atoms with van der Waals surface area (Å²) >= 11 is 0. The summed E-state index contributed by atoms with van der Waals surface area (Å²) in [4.78, 5) is 30.5. The van der Waals surface area contributed by atoms with E-state index in [-0.39, 0.29) is 36.4 Å². The quantitative estimate of drug-likeness (QED) is 0.212. The molecule has 1 aliphatic heterocycles. The number of aliphatic imine (C=N–C) groups is 1. The van der Waals surface area contributed by atoms with Gasteiger partial charge in [0.2, 0.25) is 5.91 Å². The fourth-order valence-corrected chi connectivity index (χ4v) is 3.10. The Morgan fingerprint density at radius 1 is 1.10 bits per heavy atom. The van der Waals surface area contributed by atoms with Crippen molar-refractivity contribution in [2.45, 2.75) is 52.7 Å². The van der Waals surface area contributed by atoms with Crippen molar-refractivity contribution in [3.63, 3.8) is 0 Å². The summed E-state index contributed by atoms with van der Waals surface area (Å²) in [6, 6.07) is 8.25. The number of nitrogens with zero attached hydrogens (tertiary/aromatic N) is 2. The Morgan fingerprint density at radius 2 is 1.77 bits per heavy atom. The van der Waals surface area contributed by atoms with Crippen LogP contribution in [-0.2, 0) is 22.5 Å². The predicted octanol–water partition coefficient (Wildman–Crippen LogP) is 2.66. The molecule has 0 aliphatic carbocycles. The standard InChI is InChI=1S/C22H35N5O3.HI/c1-5-23-20(24-12-8-13-25-21(29)30-22(2,3)4)26-15-19(28)27-14-11-17-9-6-7-10-18(17)16-27;/h6-7,9-10H,5,8,11-16H2,1-4H3,(H,25,29)(H2,23,24,26);1H. The van der Waals surface area contributed by atoms with Crippen LogP contribution in [0.4, 0.5) is 4.79 Å². The lowest BCUT2D eigenvalue weighted by Crippen LogP contribution is -2.41. The number of rotatable bonds is 7. The van der Waals surface area contributed by atoms with Gasteiger partial charge in [0.05, 0.1) is 0 Å². The Bertz CT molecular complexity index is 749. The third-order valence-electron chi connectivity index (χ3n) is 4.51. The van der Waals surface area contributed by atoms with Gasteiger partial charge in [-0.2, -0.15) is 0 Å². The molecule has 1 aliphatic rings. The molecule has 8 nitrogen and oxygen atoms in total. The molecule has 0 unspecified atom stereocenters. The van der Waals surface area contributed by atoms with Gasteiger partial charge in [0.15, 0.2) is 5.96 Å². The van der Waals surface area contributed by atoms with Crippen LogP contribution in [0.5, 0.6) is 0 Å². The largest absolute Gasteiger partial charge is 0.444 e. The zero-order valence-corrected chi connectivity index (χ0v) is 21.3. The van der Waals surface area contributed by atoms with Gasteiger partial charge in [0.1, 0.15) is 12.1 Å². The molecule has 0 spiro atoms. The molecule has 2 rings (SSSR count). The average Bonchev–Trinajstić information content (AvgIpc) is 2.69. The van der Waals surface area contributed by atoms with E-state index in [0.29, 0.717) is 38.6 Å². The Kier molecular flexibility index (Phi) is 11.7. The second-order valence-electron chi connectivity index (χ2n) is 8.24. The first-order valence-corrected chi connectivity index (χ1v) is 10.6. The van der Waals surface area contributed by atoms with Crippen molar-refractivity contribution in [1.82, 2.24) is 20.9 Å². The normalized spacial score (nSPS) is 13.5.